The Morgan fingerprint density at radius 1 is 0.925 bits per heavy atom. The van der Waals surface area contributed by atoms with E-state index in [1.165, 1.54) is 35.2 Å². The fraction of sp³-hybridized carbons (Fsp3) is 0.333. The lowest BCUT2D eigenvalue weighted by Crippen LogP contribution is -2.55. The van der Waals surface area contributed by atoms with Gasteiger partial charge in [0.1, 0.15) is 12.6 Å². The van der Waals surface area contributed by atoms with Gasteiger partial charge in [-0.1, -0.05) is 66.0 Å². The van der Waals surface area contributed by atoms with Crippen LogP contribution in [0.3, 0.4) is 0 Å². The fourth-order valence-electron chi connectivity index (χ4n) is 4.27. The lowest BCUT2D eigenvalue weighted by molar-refractivity contribution is -0.141. The number of nitrogens with one attached hydrogen (secondary N) is 1. The van der Waals surface area contributed by atoms with Gasteiger partial charge in [0, 0.05) is 22.1 Å². The quantitative estimate of drug-likeness (QED) is 0.298. The molecular formula is C30H35Cl2N3O4S. The molecule has 2 amide bonds. The zero-order chi connectivity index (χ0) is 29.7. The van der Waals surface area contributed by atoms with Crippen LogP contribution in [0.5, 0.6) is 0 Å². The Balaban J connectivity index is 2.08. The average Bonchev–Trinajstić information content (AvgIpc) is 2.86. The van der Waals surface area contributed by atoms with Crippen molar-refractivity contribution in [1.29, 1.82) is 0 Å². The van der Waals surface area contributed by atoms with Crippen LogP contribution in [0.25, 0.3) is 0 Å². The maximum Gasteiger partial charge on any atom is 0.264 e. The summed E-state index contributed by atoms with van der Waals surface area (Å²) in [6.07, 6.45) is 0.334. The molecule has 3 aromatic rings. The van der Waals surface area contributed by atoms with E-state index < -0.39 is 34.1 Å². The van der Waals surface area contributed by atoms with Gasteiger partial charge in [0.05, 0.1) is 10.6 Å². The molecule has 0 unspecified atom stereocenters. The standard InChI is InChI=1S/C30H35Cl2N3O4S/c1-6-27(29(37)33-30(3,4)5)34(19-22-10-7-9-21(2)17-22)28(36)20-35(25-12-8-11-24(32)18-25)40(38,39)26-15-13-23(31)14-16-26/h7-18,27H,6,19-20H2,1-5H3,(H,33,37)/t27-/m1/s1. The molecule has 40 heavy (non-hydrogen) atoms. The first kappa shape index (κ1) is 31.5. The molecule has 1 N–H and O–H groups in total. The predicted octanol–water partition coefficient (Wildman–Crippen LogP) is 6.22. The molecule has 0 aromatic heterocycles. The van der Waals surface area contributed by atoms with E-state index in [-0.39, 0.29) is 23.0 Å². The van der Waals surface area contributed by atoms with Gasteiger partial charge in [0.15, 0.2) is 0 Å². The van der Waals surface area contributed by atoms with Crippen LogP contribution in [0, 0.1) is 6.92 Å². The number of sulfonamides is 1. The number of halogens is 2. The first-order valence-electron chi connectivity index (χ1n) is 12.9. The molecule has 0 heterocycles. The normalized spacial score (nSPS) is 12.5. The summed E-state index contributed by atoms with van der Waals surface area (Å²) in [5.74, 6) is -0.846. The van der Waals surface area contributed by atoms with Crippen LogP contribution in [-0.2, 0) is 26.2 Å². The van der Waals surface area contributed by atoms with Crippen LogP contribution < -0.4 is 9.62 Å². The molecule has 3 rings (SSSR count). The van der Waals surface area contributed by atoms with Crippen LogP contribution in [0.2, 0.25) is 10.0 Å². The third kappa shape index (κ3) is 8.22. The Bertz CT molecular complexity index is 1450. The van der Waals surface area contributed by atoms with Gasteiger partial charge in [-0.2, -0.15) is 0 Å². The number of carbonyl (C=O) groups excluding carboxylic acids is 2. The number of hydrogen-bond donors (Lipinski definition) is 1. The zero-order valence-corrected chi connectivity index (χ0v) is 25.6. The molecule has 0 aliphatic rings. The van der Waals surface area contributed by atoms with Crippen molar-refractivity contribution < 1.29 is 18.0 Å². The van der Waals surface area contributed by atoms with Crippen molar-refractivity contribution in [3.63, 3.8) is 0 Å². The highest BCUT2D eigenvalue weighted by Crippen LogP contribution is 2.28. The first-order chi connectivity index (χ1) is 18.7. The van der Waals surface area contributed by atoms with Crippen LogP contribution in [0.15, 0.2) is 77.7 Å². The third-order valence-corrected chi connectivity index (χ3v) is 8.37. The highest BCUT2D eigenvalue weighted by atomic mass is 35.5. The summed E-state index contributed by atoms with van der Waals surface area (Å²) in [5, 5.41) is 3.65. The van der Waals surface area contributed by atoms with Gasteiger partial charge in [-0.25, -0.2) is 8.42 Å². The number of carbonyl (C=O) groups is 2. The topological polar surface area (TPSA) is 86.8 Å². The summed E-state index contributed by atoms with van der Waals surface area (Å²) in [5.41, 5.74) is 1.53. The van der Waals surface area contributed by atoms with E-state index in [9.17, 15) is 18.0 Å². The van der Waals surface area contributed by atoms with Crippen molar-refractivity contribution in [2.24, 2.45) is 0 Å². The Labute approximate surface area is 247 Å². The summed E-state index contributed by atoms with van der Waals surface area (Å²) in [7, 11) is -4.21. The van der Waals surface area contributed by atoms with Gasteiger partial charge in [-0.15, -0.1) is 0 Å². The molecule has 0 saturated heterocycles. The van der Waals surface area contributed by atoms with E-state index in [2.05, 4.69) is 5.32 Å². The lowest BCUT2D eigenvalue weighted by Gasteiger charge is -2.34. The van der Waals surface area contributed by atoms with E-state index in [1.807, 2.05) is 58.9 Å². The number of anilines is 1. The summed E-state index contributed by atoms with van der Waals surface area (Å²) >= 11 is 12.2. The fourth-order valence-corrected chi connectivity index (χ4v) is 5.99. The number of hydrogen-bond acceptors (Lipinski definition) is 4. The van der Waals surface area contributed by atoms with Crippen LogP contribution in [-0.4, -0.2) is 43.3 Å². The van der Waals surface area contributed by atoms with E-state index in [4.69, 9.17) is 23.2 Å². The largest absolute Gasteiger partial charge is 0.350 e. The molecule has 0 aliphatic carbocycles. The minimum Gasteiger partial charge on any atom is -0.350 e. The number of amides is 2. The first-order valence-corrected chi connectivity index (χ1v) is 15.1. The van der Waals surface area contributed by atoms with Crippen molar-refractivity contribution in [1.82, 2.24) is 10.2 Å². The number of benzene rings is 3. The van der Waals surface area contributed by atoms with Gasteiger partial charge in [0.2, 0.25) is 11.8 Å². The second-order valence-electron chi connectivity index (χ2n) is 10.6. The van der Waals surface area contributed by atoms with Gasteiger partial charge < -0.3 is 10.2 Å². The van der Waals surface area contributed by atoms with Gasteiger partial charge in [-0.05, 0) is 82.1 Å². The number of nitrogens with zero attached hydrogens (tertiary/aromatic N) is 2. The van der Waals surface area contributed by atoms with E-state index in [0.717, 1.165) is 15.4 Å². The summed E-state index contributed by atoms with van der Waals surface area (Å²) in [6, 6.07) is 18.8. The molecule has 0 aliphatic heterocycles. The van der Waals surface area contributed by atoms with E-state index >= 15 is 0 Å². The summed E-state index contributed by atoms with van der Waals surface area (Å²) < 4.78 is 28.8. The monoisotopic (exact) mass is 603 g/mol. The molecule has 0 bridgehead atoms. The summed E-state index contributed by atoms with van der Waals surface area (Å²) in [6.45, 7) is 8.94. The molecular weight excluding hydrogens is 569 g/mol. The third-order valence-electron chi connectivity index (χ3n) is 6.10. The SMILES string of the molecule is CC[C@H](C(=O)NC(C)(C)C)N(Cc1cccc(C)c1)C(=O)CN(c1cccc(Cl)c1)S(=O)(=O)c1ccc(Cl)cc1. The molecule has 0 saturated carbocycles. The Hall–Kier alpha value is -3.07. The minimum absolute atomic E-state index is 0.0348. The van der Waals surface area contributed by atoms with Crippen molar-refractivity contribution in [3.05, 3.63) is 94.0 Å². The molecule has 7 nitrogen and oxygen atoms in total. The maximum atomic E-state index is 14.1. The summed E-state index contributed by atoms with van der Waals surface area (Å²) in [4.78, 5) is 28.9. The molecule has 1 atom stereocenters. The number of rotatable bonds is 10. The van der Waals surface area contributed by atoms with Gasteiger partial charge in [0.25, 0.3) is 10.0 Å². The maximum absolute atomic E-state index is 14.1. The molecule has 10 heteroatoms. The molecule has 0 radical (unpaired) electrons. The van der Waals surface area contributed by atoms with Crippen LogP contribution in [0.1, 0.15) is 45.2 Å². The zero-order valence-electron chi connectivity index (χ0n) is 23.3. The van der Waals surface area contributed by atoms with Crippen LogP contribution >= 0.6 is 23.2 Å². The highest BCUT2D eigenvalue weighted by molar-refractivity contribution is 7.92. The van der Waals surface area contributed by atoms with Gasteiger partial charge in [-0.3, -0.25) is 13.9 Å². The van der Waals surface area contributed by atoms with Crippen molar-refractivity contribution in [3.8, 4) is 0 Å². The molecule has 0 fully saturated rings. The van der Waals surface area contributed by atoms with Crippen molar-refractivity contribution in [2.75, 3.05) is 10.8 Å². The Kier molecular flexibility index (Phi) is 10.3. The Morgan fingerprint density at radius 2 is 1.57 bits per heavy atom. The predicted molar refractivity (Wildman–Crippen MR) is 161 cm³/mol. The van der Waals surface area contributed by atoms with E-state index in [1.54, 1.807) is 18.2 Å². The molecule has 0 spiro atoms. The number of aryl methyl sites for hydroxylation is 1. The minimum atomic E-state index is -4.21. The highest BCUT2D eigenvalue weighted by Gasteiger charge is 2.34. The molecule has 214 valence electrons. The lowest BCUT2D eigenvalue weighted by atomic mass is 10.0. The molecule has 3 aromatic carbocycles. The van der Waals surface area contributed by atoms with E-state index in [0.29, 0.717) is 16.5 Å². The second kappa shape index (κ2) is 13.1. The Morgan fingerprint density at radius 3 is 2.15 bits per heavy atom. The van der Waals surface area contributed by atoms with Crippen LogP contribution in [0.4, 0.5) is 5.69 Å². The van der Waals surface area contributed by atoms with Gasteiger partial charge >= 0.3 is 0 Å². The smallest absolute Gasteiger partial charge is 0.264 e. The average molecular weight is 605 g/mol. The van der Waals surface area contributed by atoms with Crippen molar-refractivity contribution in [2.45, 2.75) is 64.1 Å². The van der Waals surface area contributed by atoms with Crippen molar-refractivity contribution >= 4 is 50.7 Å². The second-order valence-corrected chi connectivity index (χ2v) is 13.4.